The highest BCUT2D eigenvalue weighted by atomic mass is 31.3. The van der Waals surface area contributed by atoms with Crippen LogP contribution < -0.4 is 0 Å². The van der Waals surface area contributed by atoms with Crippen molar-refractivity contribution in [3.8, 4) is 0 Å². The van der Waals surface area contributed by atoms with Crippen molar-refractivity contribution in [1.29, 1.82) is 0 Å². The van der Waals surface area contributed by atoms with Crippen LogP contribution in [-0.2, 0) is 35.7 Å². The van der Waals surface area contributed by atoms with Gasteiger partial charge in [0.1, 0.15) is 0 Å². The number of rotatable bonds is 4. The molecule has 1 heterocycles. The zero-order valence-corrected chi connectivity index (χ0v) is 11.2. The van der Waals surface area contributed by atoms with Gasteiger partial charge in [0.2, 0.25) is 0 Å². The Labute approximate surface area is 91.8 Å². The van der Waals surface area contributed by atoms with Gasteiger partial charge in [-0.1, -0.05) is 0 Å². The summed E-state index contributed by atoms with van der Waals surface area (Å²) in [5.41, 5.74) is 0. The van der Waals surface area contributed by atoms with E-state index in [4.69, 9.17) is 4.89 Å². The van der Waals surface area contributed by atoms with Gasteiger partial charge in [0.05, 0.1) is 13.2 Å². The maximum atomic E-state index is 11.6. The van der Waals surface area contributed by atoms with Gasteiger partial charge in [0.25, 0.3) is 0 Å². The van der Waals surface area contributed by atoms with E-state index in [-0.39, 0.29) is 13.2 Å². The van der Waals surface area contributed by atoms with E-state index in [1.807, 2.05) is 0 Å². The maximum Gasteiger partial charge on any atom is 0.492 e. The van der Waals surface area contributed by atoms with Gasteiger partial charge in [-0.15, -0.1) is 0 Å². The van der Waals surface area contributed by atoms with Crippen LogP contribution in [0, 0.1) is 0 Å². The largest absolute Gasteiger partial charge is 0.492 e. The minimum Gasteiger partial charge on any atom is -0.302 e. The van der Waals surface area contributed by atoms with Gasteiger partial charge in [-0.3, -0.25) is 9.05 Å². The van der Waals surface area contributed by atoms with Crippen LogP contribution in [0.3, 0.4) is 0 Å². The summed E-state index contributed by atoms with van der Waals surface area (Å²) in [7, 11) is -13.6. The lowest BCUT2D eigenvalue weighted by atomic mass is 10.9. The summed E-state index contributed by atoms with van der Waals surface area (Å²) in [4.78, 5) is 9.03. The third-order valence-electron chi connectivity index (χ3n) is 1.18. The van der Waals surface area contributed by atoms with Crippen LogP contribution in [0.25, 0.3) is 0 Å². The highest BCUT2D eigenvalue weighted by Gasteiger charge is 2.55. The molecule has 1 fully saturated rings. The molecule has 16 heavy (non-hydrogen) atoms. The van der Waals surface area contributed by atoms with Crippen molar-refractivity contribution >= 4 is 23.5 Å². The summed E-state index contributed by atoms with van der Waals surface area (Å²) >= 11 is 0. The zero-order valence-electron chi connectivity index (χ0n) is 8.47. The molecule has 0 aromatic carbocycles. The van der Waals surface area contributed by atoms with Gasteiger partial charge in [-0.2, -0.15) is 12.9 Å². The van der Waals surface area contributed by atoms with Crippen LogP contribution >= 0.6 is 23.5 Å². The molecule has 0 amide bonds. The second-order valence-corrected chi connectivity index (χ2v) is 7.65. The highest BCUT2D eigenvalue weighted by Crippen LogP contribution is 2.81. The molecule has 0 saturated carbocycles. The Morgan fingerprint density at radius 3 is 1.62 bits per heavy atom. The van der Waals surface area contributed by atoms with Gasteiger partial charge in [0, 0.05) is 0 Å². The molecule has 0 bridgehead atoms. The Hall–Kier alpha value is 0.450. The first kappa shape index (κ1) is 14.5. The predicted octanol–water partition coefficient (Wildman–Crippen LogP) is 2.44. The molecule has 0 spiro atoms. The van der Waals surface area contributed by atoms with Crippen molar-refractivity contribution in [2.24, 2.45) is 0 Å². The second kappa shape index (κ2) is 4.98. The van der Waals surface area contributed by atoms with E-state index >= 15 is 0 Å². The summed E-state index contributed by atoms with van der Waals surface area (Å²) in [6.07, 6.45) is 0. The Kier molecular flexibility index (Phi) is 4.52. The van der Waals surface area contributed by atoms with Crippen molar-refractivity contribution in [2.45, 2.75) is 13.8 Å². The van der Waals surface area contributed by atoms with Crippen molar-refractivity contribution in [1.82, 2.24) is 0 Å². The Morgan fingerprint density at radius 2 is 1.31 bits per heavy atom. The minimum atomic E-state index is -4.79. The third-order valence-corrected chi connectivity index (χ3v) is 7.18. The quantitative estimate of drug-likeness (QED) is 0.780. The van der Waals surface area contributed by atoms with Crippen LogP contribution in [0.4, 0.5) is 0 Å². The summed E-state index contributed by atoms with van der Waals surface area (Å²) in [6.45, 7) is 2.61. The van der Waals surface area contributed by atoms with Crippen molar-refractivity contribution in [3.05, 3.63) is 0 Å². The van der Waals surface area contributed by atoms with E-state index < -0.39 is 23.5 Å². The minimum absolute atomic E-state index is 0.136. The van der Waals surface area contributed by atoms with Crippen molar-refractivity contribution < 1.29 is 40.6 Å². The van der Waals surface area contributed by atoms with Crippen molar-refractivity contribution in [3.63, 3.8) is 0 Å². The molecular weight excluding hydrogens is 285 g/mol. The molecule has 1 aliphatic heterocycles. The molecule has 2 atom stereocenters. The lowest BCUT2D eigenvalue weighted by Crippen LogP contribution is -2.08. The summed E-state index contributed by atoms with van der Waals surface area (Å²) < 4.78 is 55.9. The van der Waals surface area contributed by atoms with Crippen LogP contribution in [0.1, 0.15) is 13.8 Å². The smallest absolute Gasteiger partial charge is 0.302 e. The topological polar surface area (TPSA) is 118 Å². The van der Waals surface area contributed by atoms with Gasteiger partial charge < -0.3 is 4.89 Å². The molecule has 0 aliphatic carbocycles. The molecule has 1 rings (SSSR count). The van der Waals surface area contributed by atoms with E-state index in [0.29, 0.717) is 0 Å². The molecule has 9 nitrogen and oxygen atoms in total. The lowest BCUT2D eigenvalue weighted by molar-refractivity contribution is 0.123. The number of hydrogen-bond acceptors (Lipinski definition) is 8. The van der Waals surface area contributed by atoms with Gasteiger partial charge in [-0.05, 0) is 13.8 Å². The summed E-state index contributed by atoms with van der Waals surface area (Å²) in [6, 6.07) is 0. The molecule has 0 aromatic heterocycles. The van der Waals surface area contributed by atoms with Gasteiger partial charge in [-0.25, -0.2) is 13.7 Å². The third kappa shape index (κ3) is 3.74. The molecule has 12 heteroatoms. The predicted molar refractivity (Wildman–Crippen MR) is 51.5 cm³/mol. The Bertz CT molecular complexity index is 358. The fraction of sp³-hybridized carbons (Fsp3) is 1.00. The first-order valence-electron chi connectivity index (χ1n) is 4.20. The second-order valence-electron chi connectivity index (χ2n) is 2.44. The summed E-state index contributed by atoms with van der Waals surface area (Å²) in [5, 5.41) is 0. The number of phosphoric acid groups is 3. The molecule has 2 unspecified atom stereocenters. The Morgan fingerprint density at radius 1 is 0.938 bits per heavy atom. The monoisotopic (exact) mass is 296 g/mol. The highest BCUT2D eigenvalue weighted by molar-refractivity contribution is 7.75. The van der Waals surface area contributed by atoms with Crippen LogP contribution in [0.15, 0.2) is 0 Å². The fourth-order valence-electron chi connectivity index (χ4n) is 0.830. The van der Waals surface area contributed by atoms with Crippen LogP contribution in [0.5, 0.6) is 0 Å². The van der Waals surface area contributed by atoms with E-state index in [0.717, 1.165) is 0 Å². The standard InChI is InChI=1S/C4H11O9P3/c1-3-9-15(7)11-14(5,6)12-16(8,13-15)10-4-2/h3-4H2,1-2H3,(H,5,6). The maximum absolute atomic E-state index is 11.6. The zero-order chi connectivity index (χ0) is 12.4. The van der Waals surface area contributed by atoms with E-state index in [2.05, 4.69) is 22.0 Å². The molecule has 1 N–H and O–H groups in total. The molecule has 1 aliphatic rings. The molecule has 0 aromatic rings. The molecular formula is C4H11O9P3. The van der Waals surface area contributed by atoms with Gasteiger partial charge >= 0.3 is 23.5 Å². The Balaban J connectivity index is 2.98. The van der Waals surface area contributed by atoms with Crippen LogP contribution in [0.2, 0.25) is 0 Å². The first-order chi connectivity index (χ1) is 7.24. The molecule has 1 saturated heterocycles. The van der Waals surface area contributed by atoms with E-state index in [1.54, 1.807) is 0 Å². The van der Waals surface area contributed by atoms with Crippen LogP contribution in [-0.4, -0.2) is 18.1 Å². The summed E-state index contributed by atoms with van der Waals surface area (Å²) in [5.74, 6) is 0. The molecule has 96 valence electrons. The average molecular weight is 296 g/mol. The van der Waals surface area contributed by atoms with E-state index in [1.165, 1.54) is 13.8 Å². The normalized spacial score (nSPS) is 44.4. The van der Waals surface area contributed by atoms with Gasteiger partial charge in [0.15, 0.2) is 0 Å². The lowest BCUT2D eigenvalue weighted by Gasteiger charge is -2.28. The van der Waals surface area contributed by atoms with E-state index in [9.17, 15) is 13.7 Å². The average Bonchev–Trinajstić information content (AvgIpc) is 1.97. The SMILES string of the molecule is CCOP1(=O)OP(=O)(O)OP(=O)(OCC)O1. The molecule has 0 radical (unpaired) electrons. The fourth-order valence-corrected chi connectivity index (χ4v) is 6.38. The van der Waals surface area contributed by atoms with Crippen molar-refractivity contribution in [2.75, 3.05) is 13.2 Å². The first-order valence-corrected chi connectivity index (χ1v) is 8.62. The number of hydrogen-bond donors (Lipinski definition) is 1.